The van der Waals surface area contributed by atoms with Crippen LogP contribution in [0.15, 0.2) is 48.5 Å². The number of aryl methyl sites for hydroxylation is 2. The van der Waals surface area contributed by atoms with Crippen molar-refractivity contribution in [3.63, 3.8) is 0 Å². The van der Waals surface area contributed by atoms with E-state index >= 15 is 0 Å². The van der Waals surface area contributed by atoms with Gasteiger partial charge in [0.1, 0.15) is 0 Å². The molecule has 0 unspecified atom stereocenters. The van der Waals surface area contributed by atoms with Crippen molar-refractivity contribution in [3.05, 3.63) is 70.9 Å². The Morgan fingerprint density at radius 3 is 2.36 bits per heavy atom. The van der Waals surface area contributed by atoms with Crippen LogP contribution in [-0.2, 0) is 13.0 Å². The van der Waals surface area contributed by atoms with Crippen LogP contribution in [0.3, 0.4) is 0 Å². The minimum Gasteiger partial charge on any atom is -0.345 e. The van der Waals surface area contributed by atoms with Crippen LogP contribution in [0.4, 0.5) is 0 Å². The second-order valence-corrected chi connectivity index (χ2v) is 9.62. The second-order valence-electron chi connectivity index (χ2n) is 9.62. The van der Waals surface area contributed by atoms with Gasteiger partial charge in [-0.2, -0.15) is 0 Å². The van der Waals surface area contributed by atoms with Crippen LogP contribution in [-0.4, -0.2) is 78.5 Å². The molecule has 1 saturated heterocycles. The molecule has 1 fully saturated rings. The van der Waals surface area contributed by atoms with E-state index in [1.165, 1.54) is 27.7 Å². The summed E-state index contributed by atoms with van der Waals surface area (Å²) < 4.78 is 2.41. The van der Waals surface area contributed by atoms with Crippen molar-refractivity contribution in [2.45, 2.75) is 33.2 Å². The molecule has 0 N–H and O–H groups in total. The summed E-state index contributed by atoms with van der Waals surface area (Å²) in [5.74, 6) is 0.164. The zero-order valence-corrected chi connectivity index (χ0v) is 20.7. The number of amides is 1. The normalized spacial score (nSPS) is 15.0. The van der Waals surface area contributed by atoms with Crippen molar-refractivity contribution < 1.29 is 4.79 Å². The highest BCUT2D eigenvalue weighted by Gasteiger charge is 2.23. The zero-order valence-electron chi connectivity index (χ0n) is 20.7. The molecule has 0 bridgehead atoms. The van der Waals surface area contributed by atoms with Gasteiger partial charge in [-0.25, -0.2) is 0 Å². The van der Waals surface area contributed by atoms with Gasteiger partial charge in [-0.1, -0.05) is 30.3 Å². The molecule has 1 aliphatic rings. The average molecular weight is 447 g/mol. The summed E-state index contributed by atoms with van der Waals surface area (Å²) in [4.78, 5) is 20.0. The van der Waals surface area contributed by atoms with E-state index in [-0.39, 0.29) is 5.91 Å². The molecule has 2 heterocycles. The molecule has 1 aromatic heterocycles. The Labute approximate surface area is 198 Å². The molecule has 1 amide bonds. The summed E-state index contributed by atoms with van der Waals surface area (Å²) in [5, 5.41) is 1.21. The largest absolute Gasteiger partial charge is 0.345 e. The summed E-state index contributed by atoms with van der Waals surface area (Å²) in [6.45, 7) is 11.0. The lowest BCUT2D eigenvalue weighted by atomic mass is 10.1. The van der Waals surface area contributed by atoms with Gasteiger partial charge in [0.05, 0.1) is 0 Å². The van der Waals surface area contributed by atoms with Crippen molar-refractivity contribution in [1.29, 1.82) is 0 Å². The number of carbonyl (C=O) groups excluding carboxylic acids is 1. The average Bonchev–Trinajstić information content (AvgIpc) is 3.07. The van der Waals surface area contributed by atoms with Crippen molar-refractivity contribution >= 4 is 16.8 Å². The molecule has 5 heteroatoms. The molecule has 4 rings (SSSR count). The van der Waals surface area contributed by atoms with Gasteiger partial charge in [-0.05, 0) is 76.7 Å². The minimum atomic E-state index is 0.164. The monoisotopic (exact) mass is 446 g/mol. The van der Waals surface area contributed by atoms with Gasteiger partial charge in [0.2, 0.25) is 0 Å². The van der Waals surface area contributed by atoms with Crippen LogP contribution in [0.2, 0.25) is 0 Å². The van der Waals surface area contributed by atoms with Crippen LogP contribution in [0, 0.1) is 13.8 Å². The molecule has 33 heavy (non-hydrogen) atoms. The molecular weight excluding hydrogens is 408 g/mol. The summed E-state index contributed by atoms with van der Waals surface area (Å²) in [5.41, 5.74) is 6.03. The van der Waals surface area contributed by atoms with E-state index in [2.05, 4.69) is 84.8 Å². The van der Waals surface area contributed by atoms with E-state index in [9.17, 15) is 4.79 Å². The molecule has 176 valence electrons. The predicted molar refractivity (Wildman–Crippen MR) is 137 cm³/mol. The van der Waals surface area contributed by atoms with Gasteiger partial charge < -0.3 is 14.4 Å². The SMILES string of the molecule is Cc1c(C)n(CCCN(C)C)c2ccc(C(=O)N3CCN(CCc4ccccc4)CC3)cc12. The first-order valence-electron chi connectivity index (χ1n) is 12.2. The summed E-state index contributed by atoms with van der Waals surface area (Å²) >= 11 is 0. The number of aromatic nitrogens is 1. The van der Waals surface area contributed by atoms with Gasteiger partial charge in [0.15, 0.2) is 0 Å². The second kappa shape index (κ2) is 10.5. The maximum Gasteiger partial charge on any atom is 0.253 e. The van der Waals surface area contributed by atoms with Gasteiger partial charge in [-0.3, -0.25) is 9.69 Å². The Bertz CT molecular complexity index is 1080. The fraction of sp³-hybridized carbons (Fsp3) is 0.464. The lowest BCUT2D eigenvalue weighted by Gasteiger charge is -2.34. The fourth-order valence-corrected chi connectivity index (χ4v) is 4.91. The van der Waals surface area contributed by atoms with Crippen LogP contribution < -0.4 is 0 Å². The number of carbonyl (C=O) groups is 1. The number of fused-ring (bicyclic) bond motifs is 1. The highest BCUT2D eigenvalue weighted by Crippen LogP contribution is 2.27. The quantitative estimate of drug-likeness (QED) is 0.520. The third-order valence-corrected chi connectivity index (χ3v) is 7.09. The number of rotatable bonds is 8. The van der Waals surface area contributed by atoms with Crippen LogP contribution >= 0.6 is 0 Å². The highest BCUT2D eigenvalue weighted by atomic mass is 16.2. The molecule has 2 aromatic carbocycles. The van der Waals surface area contributed by atoms with E-state index in [1.807, 2.05) is 11.0 Å². The van der Waals surface area contributed by atoms with Gasteiger partial charge >= 0.3 is 0 Å². The van der Waals surface area contributed by atoms with E-state index in [0.717, 1.165) is 64.2 Å². The number of hydrogen-bond acceptors (Lipinski definition) is 3. The topological polar surface area (TPSA) is 31.7 Å². The summed E-state index contributed by atoms with van der Waals surface area (Å²) in [7, 11) is 4.24. The summed E-state index contributed by atoms with van der Waals surface area (Å²) in [6.07, 6.45) is 2.18. The number of benzene rings is 2. The van der Waals surface area contributed by atoms with E-state index in [4.69, 9.17) is 0 Å². The molecule has 0 spiro atoms. The maximum absolute atomic E-state index is 13.3. The van der Waals surface area contributed by atoms with E-state index in [0.29, 0.717) is 0 Å². The molecule has 0 aliphatic carbocycles. The van der Waals surface area contributed by atoms with Crippen molar-refractivity contribution in [1.82, 2.24) is 19.3 Å². The van der Waals surface area contributed by atoms with E-state index in [1.54, 1.807) is 0 Å². The molecule has 0 radical (unpaired) electrons. The van der Waals surface area contributed by atoms with Crippen LogP contribution in [0.5, 0.6) is 0 Å². The number of hydrogen-bond donors (Lipinski definition) is 0. The van der Waals surface area contributed by atoms with Crippen molar-refractivity contribution in [2.75, 3.05) is 53.4 Å². The molecule has 5 nitrogen and oxygen atoms in total. The van der Waals surface area contributed by atoms with Crippen molar-refractivity contribution in [2.24, 2.45) is 0 Å². The maximum atomic E-state index is 13.3. The third-order valence-electron chi connectivity index (χ3n) is 7.09. The van der Waals surface area contributed by atoms with Crippen LogP contribution in [0.1, 0.15) is 33.6 Å². The standard InChI is InChI=1S/C28H38N4O/c1-22-23(2)32(15-8-14-29(3)4)27-12-11-25(21-26(22)27)28(33)31-19-17-30(18-20-31)16-13-24-9-6-5-7-10-24/h5-7,9-12,21H,8,13-20H2,1-4H3. The Balaban J connectivity index is 1.38. The first kappa shape index (κ1) is 23.5. The Morgan fingerprint density at radius 1 is 0.939 bits per heavy atom. The molecule has 1 aliphatic heterocycles. The van der Waals surface area contributed by atoms with Crippen molar-refractivity contribution in [3.8, 4) is 0 Å². The van der Waals surface area contributed by atoms with Crippen LogP contribution in [0.25, 0.3) is 10.9 Å². The minimum absolute atomic E-state index is 0.164. The van der Waals surface area contributed by atoms with Gasteiger partial charge in [0, 0.05) is 61.4 Å². The smallest absolute Gasteiger partial charge is 0.253 e. The number of nitrogens with zero attached hydrogens (tertiary/aromatic N) is 4. The molecule has 0 atom stereocenters. The lowest BCUT2D eigenvalue weighted by Crippen LogP contribution is -2.49. The highest BCUT2D eigenvalue weighted by molar-refractivity contribution is 5.99. The van der Waals surface area contributed by atoms with Gasteiger partial charge in [-0.15, -0.1) is 0 Å². The Morgan fingerprint density at radius 2 is 1.67 bits per heavy atom. The first-order chi connectivity index (χ1) is 15.9. The zero-order chi connectivity index (χ0) is 23.4. The van der Waals surface area contributed by atoms with E-state index < -0.39 is 0 Å². The lowest BCUT2D eigenvalue weighted by molar-refractivity contribution is 0.0638. The van der Waals surface area contributed by atoms with Gasteiger partial charge in [0.25, 0.3) is 5.91 Å². The molecular formula is C28H38N4O. The first-order valence-corrected chi connectivity index (χ1v) is 12.2. The third kappa shape index (κ3) is 5.48. The Kier molecular flexibility index (Phi) is 7.51. The molecule has 0 saturated carbocycles. The molecule has 3 aromatic rings. The fourth-order valence-electron chi connectivity index (χ4n) is 4.91. The number of piperazine rings is 1. The predicted octanol–water partition coefficient (Wildman–Crippen LogP) is 4.21. The Hall–Kier alpha value is -2.63. The summed E-state index contributed by atoms with van der Waals surface area (Å²) in [6, 6.07) is 16.9.